The molecule has 0 amide bonds. The van der Waals surface area contributed by atoms with Crippen molar-refractivity contribution in [1.29, 1.82) is 0 Å². The molecule has 1 aromatic rings. The van der Waals surface area contributed by atoms with Crippen LogP contribution >= 0.6 is 0 Å². The van der Waals surface area contributed by atoms with Gasteiger partial charge in [0, 0.05) is 0 Å². The number of aromatic hydroxyl groups is 1. The maximum Gasteiger partial charge on any atom is 0.343 e. The molecule has 0 aromatic heterocycles. The zero-order valence-electron chi connectivity index (χ0n) is 14.2. The zero-order chi connectivity index (χ0) is 16.6. The third-order valence-corrected chi connectivity index (χ3v) is 6.65. The Bertz CT molecular complexity index is 744. The van der Waals surface area contributed by atoms with Gasteiger partial charge in [0.15, 0.2) is 0 Å². The van der Waals surface area contributed by atoms with Crippen LogP contribution in [0.1, 0.15) is 63.1 Å². The van der Waals surface area contributed by atoms with Gasteiger partial charge in [0.25, 0.3) is 0 Å². The molecular formula is C20H24O3. The van der Waals surface area contributed by atoms with E-state index in [1.54, 1.807) is 0 Å². The Morgan fingerprint density at radius 3 is 2.78 bits per heavy atom. The lowest BCUT2D eigenvalue weighted by Gasteiger charge is -2.54. The first kappa shape index (κ1) is 14.8. The van der Waals surface area contributed by atoms with Gasteiger partial charge in [-0.15, -0.1) is 0 Å². The van der Waals surface area contributed by atoms with Crippen LogP contribution in [0.3, 0.4) is 0 Å². The molecule has 1 aromatic carbocycles. The minimum absolute atomic E-state index is 0.0399. The summed E-state index contributed by atoms with van der Waals surface area (Å²) in [4.78, 5) is 11.8. The van der Waals surface area contributed by atoms with Gasteiger partial charge in [-0.05, 0) is 59.6 Å². The SMILES string of the molecule is C=C1C(=O)Oc2cc3c(c(O)c21)CCC1C(C)(C)CCCC31C. The molecular weight excluding hydrogens is 288 g/mol. The van der Waals surface area contributed by atoms with Gasteiger partial charge in [0.2, 0.25) is 0 Å². The Hall–Kier alpha value is -1.77. The summed E-state index contributed by atoms with van der Waals surface area (Å²) in [5.74, 6) is 0.857. The monoisotopic (exact) mass is 312 g/mol. The largest absolute Gasteiger partial charge is 0.507 e. The van der Waals surface area contributed by atoms with Crippen molar-refractivity contribution in [1.82, 2.24) is 0 Å². The number of carbonyl (C=O) groups is 1. The summed E-state index contributed by atoms with van der Waals surface area (Å²) in [6, 6.07) is 2.01. The molecule has 1 N–H and O–H groups in total. The van der Waals surface area contributed by atoms with Gasteiger partial charge in [-0.1, -0.05) is 33.8 Å². The van der Waals surface area contributed by atoms with E-state index in [-0.39, 0.29) is 16.7 Å². The van der Waals surface area contributed by atoms with Crippen molar-refractivity contribution in [2.45, 2.75) is 58.3 Å². The highest BCUT2D eigenvalue weighted by Crippen LogP contribution is 2.59. The van der Waals surface area contributed by atoms with Crippen molar-refractivity contribution >= 4 is 11.5 Å². The fourth-order valence-corrected chi connectivity index (χ4v) is 5.53. The number of carbonyl (C=O) groups excluding carboxylic acids is 1. The van der Waals surface area contributed by atoms with Gasteiger partial charge in [0.1, 0.15) is 11.5 Å². The van der Waals surface area contributed by atoms with E-state index in [0.29, 0.717) is 22.6 Å². The van der Waals surface area contributed by atoms with Crippen LogP contribution in [-0.4, -0.2) is 11.1 Å². The molecule has 2 aliphatic carbocycles. The number of fused-ring (bicyclic) bond motifs is 4. The maximum absolute atomic E-state index is 11.8. The number of hydrogen-bond acceptors (Lipinski definition) is 3. The van der Waals surface area contributed by atoms with Crippen LogP contribution in [-0.2, 0) is 16.6 Å². The van der Waals surface area contributed by atoms with Crippen LogP contribution in [0.15, 0.2) is 12.6 Å². The molecule has 0 radical (unpaired) electrons. The number of benzene rings is 1. The second-order valence-corrected chi connectivity index (χ2v) is 8.34. The number of ether oxygens (including phenoxy) is 1. The Labute approximate surface area is 137 Å². The van der Waals surface area contributed by atoms with E-state index in [2.05, 4.69) is 27.4 Å². The Morgan fingerprint density at radius 2 is 2.04 bits per heavy atom. The summed E-state index contributed by atoms with van der Waals surface area (Å²) in [5.41, 5.74) is 3.31. The van der Waals surface area contributed by atoms with Gasteiger partial charge >= 0.3 is 5.97 Å². The van der Waals surface area contributed by atoms with Crippen molar-refractivity contribution in [3.8, 4) is 11.5 Å². The highest BCUT2D eigenvalue weighted by molar-refractivity contribution is 6.21. The Morgan fingerprint density at radius 1 is 1.30 bits per heavy atom. The number of hydrogen-bond donors (Lipinski definition) is 1. The first-order valence-electron chi connectivity index (χ1n) is 8.56. The maximum atomic E-state index is 11.8. The van der Waals surface area contributed by atoms with E-state index in [1.165, 1.54) is 18.4 Å². The molecule has 23 heavy (non-hydrogen) atoms. The number of phenols is 1. The standard InChI is InChI=1S/C20H24O3/c1-11-16-14(23-18(11)22)10-13-12(17(16)21)6-7-15-19(2,3)8-5-9-20(13,15)4/h10,15,21H,1,5-9H2,2-4H3. The van der Waals surface area contributed by atoms with E-state index in [0.717, 1.165) is 24.8 Å². The van der Waals surface area contributed by atoms with Gasteiger partial charge < -0.3 is 9.84 Å². The van der Waals surface area contributed by atoms with Gasteiger partial charge in [-0.25, -0.2) is 4.79 Å². The number of esters is 1. The lowest BCUT2D eigenvalue weighted by Crippen LogP contribution is -2.47. The molecule has 3 aliphatic rings. The molecule has 122 valence electrons. The van der Waals surface area contributed by atoms with Gasteiger partial charge in [-0.3, -0.25) is 0 Å². The molecule has 1 fully saturated rings. The average Bonchev–Trinajstić information content (AvgIpc) is 2.74. The number of rotatable bonds is 0. The molecule has 0 spiro atoms. The van der Waals surface area contributed by atoms with Crippen molar-refractivity contribution in [2.24, 2.45) is 11.3 Å². The minimum atomic E-state index is -0.441. The summed E-state index contributed by atoms with van der Waals surface area (Å²) >= 11 is 0. The van der Waals surface area contributed by atoms with E-state index < -0.39 is 5.97 Å². The van der Waals surface area contributed by atoms with E-state index in [4.69, 9.17) is 4.74 Å². The lowest BCUT2D eigenvalue weighted by molar-refractivity contribution is -0.126. The lowest BCUT2D eigenvalue weighted by atomic mass is 9.50. The first-order valence-corrected chi connectivity index (χ1v) is 8.56. The normalized spacial score (nSPS) is 31.2. The van der Waals surface area contributed by atoms with Crippen LogP contribution in [0.25, 0.3) is 5.57 Å². The molecule has 3 nitrogen and oxygen atoms in total. The van der Waals surface area contributed by atoms with E-state index >= 15 is 0 Å². The molecule has 1 heterocycles. The zero-order valence-corrected chi connectivity index (χ0v) is 14.2. The van der Waals surface area contributed by atoms with E-state index in [1.807, 2.05) is 6.07 Å². The predicted octanol–water partition coefficient (Wildman–Crippen LogP) is 4.35. The van der Waals surface area contributed by atoms with Crippen molar-refractivity contribution in [2.75, 3.05) is 0 Å². The van der Waals surface area contributed by atoms with E-state index in [9.17, 15) is 9.90 Å². The molecule has 1 saturated carbocycles. The van der Waals surface area contributed by atoms with Crippen molar-refractivity contribution in [3.05, 3.63) is 29.3 Å². The molecule has 0 saturated heterocycles. The molecule has 3 heteroatoms. The quantitative estimate of drug-likeness (QED) is 0.440. The smallest absolute Gasteiger partial charge is 0.343 e. The predicted molar refractivity (Wildman–Crippen MR) is 89.6 cm³/mol. The second-order valence-electron chi connectivity index (χ2n) is 8.34. The van der Waals surface area contributed by atoms with Crippen LogP contribution in [0.5, 0.6) is 11.5 Å². The van der Waals surface area contributed by atoms with Crippen LogP contribution in [0.2, 0.25) is 0 Å². The summed E-state index contributed by atoms with van der Waals surface area (Å²) in [6.45, 7) is 10.8. The van der Waals surface area contributed by atoms with Crippen molar-refractivity contribution < 1.29 is 14.6 Å². The minimum Gasteiger partial charge on any atom is -0.507 e. The fraction of sp³-hybridized carbons (Fsp3) is 0.550. The Kier molecular flexibility index (Phi) is 2.83. The average molecular weight is 312 g/mol. The summed E-state index contributed by atoms with van der Waals surface area (Å²) in [7, 11) is 0. The summed E-state index contributed by atoms with van der Waals surface area (Å²) in [5, 5.41) is 10.8. The fourth-order valence-electron chi connectivity index (χ4n) is 5.53. The summed E-state index contributed by atoms with van der Waals surface area (Å²) < 4.78 is 5.34. The summed E-state index contributed by atoms with van der Waals surface area (Å²) in [6.07, 6.45) is 5.53. The third-order valence-electron chi connectivity index (χ3n) is 6.65. The molecule has 2 unspecified atom stereocenters. The molecule has 1 aliphatic heterocycles. The second kappa shape index (κ2) is 4.40. The third kappa shape index (κ3) is 1.79. The highest BCUT2D eigenvalue weighted by Gasteiger charge is 2.51. The van der Waals surface area contributed by atoms with Crippen molar-refractivity contribution in [3.63, 3.8) is 0 Å². The Balaban J connectivity index is 1.93. The topological polar surface area (TPSA) is 46.5 Å². The first-order chi connectivity index (χ1) is 10.8. The molecule has 4 rings (SSSR count). The highest BCUT2D eigenvalue weighted by atomic mass is 16.5. The van der Waals surface area contributed by atoms with Crippen LogP contribution < -0.4 is 4.74 Å². The number of phenolic OH excluding ortho intramolecular Hbond substituents is 1. The molecule has 2 atom stereocenters. The van der Waals surface area contributed by atoms with Crippen LogP contribution in [0, 0.1) is 11.3 Å². The van der Waals surface area contributed by atoms with Crippen LogP contribution in [0.4, 0.5) is 0 Å². The molecule has 0 bridgehead atoms. The van der Waals surface area contributed by atoms with Gasteiger partial charge in [-0.2, -0.15) is 0 Å². The van der Waals surface area contributed by atoms with Gasteiger partial charge in [0.05, 0.1) is 11.1 Å².